The van der Waals surface area contributed by atoms with Gasteiger partial charge in [0.2, 0.25) is 0 Å². The molecule has 2 heterocycles. The lowest BCUT2D eigenvalue weighted by molar-refractivity contribution is 0.358. The van der Waals surface area contributed by atoms with Crippen LogP contribution in [0.15, 0.2) is 57.2 Å². The monoisotopic (exact) mass is 323 g/mol. The third-order valence-corrected chi connectivity index (χ3v) is 5.57. The van der Waals surface area contributed by atoms with Crippen molar-refractivity contribution in [1.29, 1.82) is 0 Å². The van der Waals surface area contributed by atoms with Gasteiger partial charge in [-0.25, -0.2) is 4.99 Å². The van der Waals surface area contributed by atoms with E-state index in [4.69, 9.17) is 4.99 Å². The molecule has 0 saturated carbocycles. The molecule has 2 aliphatic heterocycles. The molecule has 4 heteroatoms. The number of fused-ring (bicyclic) bond motifs is 2. The van der Waals surface area contributed by atoms with Crippen LogP contribution in [-0.4, -0.2) is 36.9 Å². The Labute approximate surface area is 141 Å². The van der Waals surface area contributed by atoms with E-state index in [2.05, 4.69) is 59.6 Å². The first-order valence-electron chi connectivity index (χ1n) is 8.30. The molecule has 0 spiro atoms. The molecule has 0 atom stereocenters. The number of hydrogen-bond donors (Lipinski definition) is 1. The highest BCUT2D eigenvalue weighted by Crippen LogP contribution is 2.42. The van der Waals surface area contributed by atoms with Crippen LogP contribution in [0.4, 0.5) is 5.69 Å². The number of nitrogens with zero attached hydrogens (tertiary/aromatic N) is 2. The standard InChI is InChI=1S/C19H21N3S/c1-2-14-6-5-9-17-18(14)21-19(22-12-10-20-11-13-22)15-7-3-4-8-16(15)23-17/h3-9,20H,2,10-13H2,1H3. The minimum atomic E-state index is 1.01. The Bertz CT molecular complexity index is 748. The van der Waals surface area contributed by atoms with Gasteiger partial charge in [0.25, 0.3) is 0 Å². The highest BCUT2D eigenvalue weighted by atomic mass is 32.2. The normalized spacial score (nSPS) is 17.1. The summed E-state index contributed by atoms with van der Waals surface area (Å²) in [5, 5.41) is 3.43. The van der Waals surface area contributed by atoms with E-state index in [1.165, 1.54) is 20.9 Å². The van der Waals surface area contributed by atoms with Crippen molar-refractivity contribution in [2.75, 3.05) is 26.2 Å². The molecule has 23 heavy (non-hydrogen) atoms. The van der Waals surface area contributed by atoms with E-state index in [-0.39, 0.29) is 0 Å². The Kier molecular flexibility index (Phi) is 4.10. The molecule has 0 radical (unpaired) electrons. The first-order valence-corrected chi connectivity index (χ1v) is 9.12. The van der Waals surface area contributed by atoms with Crippen molar-refractivity contribution < 1.29 is 0 Å². The van der Waals surface area contributed by atoms with Gasteiger partial charge < -0.3 is 10.2 Å². The molecule has 4 rings (SSSR count). The number of amidine groups is 1. The third kappa shape index (κ3) is 2.77. The zero-order valence-corrected chi connectivity index (χ0v) is 14.2. The Morgan fingerprint density at radius 2 is 1.83 bits per heavy atom. The van der Waals surface area contributed by atoms with Crippen LogP contribution in [0.5, 0.6) is 0 Å². The van der Waals surface area contributed by atoms with Crippen molar-refractivity contribution in [2.24, 2.45) is 4.99 Å². The molecule has 0 amide bonds. The summed E-state index contributed by atoms with van der Waals surface area (Å²) >= 11 is 1.84. The van der Waals surface area contributed by atoms with Crippen molar-refractivity contribution in [3.8, 4) is 0 Å². The first-order chi connectivity index (χ1) is 11.4. The summed E-state index contributed by atoms with van der Waals surface area (Å²) in [4.78, 5) is 10.2. The minimum absolute atomic E-state index is 1.01. The van der Waals surface area contributed by atoms with Crippen LogP contribution < -0.4 is 5.32 Å². The molecule has 2 aromatic rings. The van der Waals surface area contributed by atoms with E-state index in [0.717, 1.165) is 44.1 Å². The van der Waals surface area contributed by atoms with Crippen molar-refractivity contribution in [3.63, 3.8) is 0 Å². The lowest BCUT2D eigenvalue weighted by atomic mass is 10.1. The number of nitrogens with one attached hydrogen (secondary N) is 1. The number of para-hydroxylation sites is 1. The van der Waals surface area contributed by atoms with E-state index in [0.29, 0.717) is 0 Å². The maximum absolute atomic E-state index is 5.17. The van der Waals surface area contributed by atoms with Crippen LogP contribution in [0.1, 0.15) is 18.1 Å². The van der Waals surface area contributed by atoms with Crippen molar-refractivity contribution in [2.45, 2.75) is 23.1 Å². The van der Waals surface area contributed by atoms with Gasteiger partial charge in [0.1, 0.15) is 5.84 Å². The number of piperazine rings is 1. The van der Waals surface area contributed by atoms with Gasteiger partial charge in [-0.15, -0.1) is 0 Å². The number of rotatable bonds is 1. The lowest BCUT2D eigenvalue weighted by Gasteiger charge is -2.30. The molecule has 2 aliphatic rings. The summed E-state index contributed by atoms with van der Waals surface area (Å²) in [7, 11) is 0. The number of benzene rings is 2. The summed E-state index contributed by atoms with van der Waals surface area (Å²) in [5.74, 6) is 1.13. The zero-order valence-electron chi connectivity index (χ0n) is 13.4. The fourth-order valence-electron chi connectivity index (χ4n) is 3.20. The van der Waals surface area contributed by atoms with E-state index in [9.17, 15) is 0 Å². The minimum Gasteiger partial charge on any atom is -0.354 e. The van der Waals surface area contributed by atoms with Crippen LogP contribution in [0.25, 0.3) is 0 Å². The molecular weight excluding hydrogens is 302 g/mol. The van der Waals surface area contributed by atoms with Crippen LogP contribution in [0, 0.1) is 0 Å². The quantitative estimate of drug-likeness (QED) is 0.867. The maximum Gasteiger partial charge on any atom is 0.137 e. The largest absolute Gasteiger partial charge is 0.354 e. The van der Waals surface area contributed by atoms with Crippen molar-refractivity contribution in [1.82, 2.24) is 10.2 Å². The van der Waals surface area contributed by atoms with E-state index in [1.54, 1.807) is 0 Å². The smallest absolute Gasteiger partial charge is 0.137 e. The molecule has 0 unspecified atom stereocenters. The molecule has 118 valence electrons. The highest BCUT2D eigenvalue weighted by Gasteiger charge is 2.23. The molecular formula is C19H21N3S. The van der Waals surface area contributed by atoms with Gasteiger partial charge in [0.15, 0.2) is 0 Å². The SMILES string of the molecule is CCc1cccc2c1N=C(N1CCNCC1)c1ccccc1S2. The van der Waals surface area contributed by atoms with Gasteiger partial charge in [0.05, 0.1) is 5.69 Å². The fourth-order valence-corrected chi connectivity index (χ4v) is 4.28. The molecule has 1 N–H and O–H groups in total. The van der Waals surface area contributed by atoms with Gasteiger partial charge in [-0.05, 0) is 24.1 Å². The third-order valence-electron chi connectivity index (χ3n) is 4.45. The van der Waals surface area contributed by atoms with Crippen LogP contribution in [0.2, 0.25) is 0 Å². The van der Waals surface area contributed by atoms with Gasteiger partial charge >= 0.3 is 0 Å². The summed E-state index contributed by atoms with van der Waals surface area (Å²) in [5.41, 5.74) is 3.75. The topological polar surface area (TPSA) is 27.6 Å². The lowest BCUT2D eigenvalue weighted by Crippen LogP contribution is -2.46. The van der Waals surface area contributed by atoms with E-state index in [1.807, 2.05) is 11.8 Å². The molecule has 0 aliphatic carbocycles. The first kappa shape index (κ1) is 14.8. The molecule has 1 saturated heterocycles. The van der Waals surface area contributed by atoms with E-state index < -0.39 is 0 Å². The van der Waals surface area contributed by atoms with Crippen LogP contribution >= 0.6 is 11.8 Å². The second-order valence-corrected chi connectivity index (χ2v) is 6.97. The van der Waals surface area contributed by atoms with Crippen LogP contribution in [-0.2, 0) is 6.42 Å². The summed E-state index contributed by atoms with van der Waals surface area (Å²) < 4.78 is 0. The summed E-state index contributed by atoms with van der Waals surface area (Å²) in [6.45, 7) is 6.29. The Morgan fingerprint density at radius 1 is 1.04 bits per heavy atom. The summed E-state index contributed by atoms with van der Waals surface area (Å²) in [6, 6.07) is 15.2. The number of aryl methyl sites for hydroxylation is 1. The van der Waals surface area contributed by atoms with Crippen molar-refractivity contribution in [3.05, 3.63) is 53.6 Å². The predicted octanol–water partition coefficient (Wildman–Crippen LogP) is 3.70. The van der Waals surface area contributed by atoms with Gasteiger partial charge in [-0.2, -0.15) is 0 Å². The second-order valence-electron chi connectivity index (χ2n) is 5.89. The van der Waals surface area contributed by atoms with Gasteiger partial charge in [-0.3, -0.25) is 0 Å². The van der Waals surface area contributed by atoms with Gasteiger partial charge in [-0.1, -0.05) is 49.0 Å². The molecule has 1 fully saturated rings. The van der Waals surface area contributed by atoms with Crippen LogP contribution in [0.3, 0.4) is 0 Å². The Balaban J connectivity index is 1.90. The number of aliphatic imine (C=N–C) groups is 1. The average molecular weight is 323 g/mol. The summed E-state index contributed by atoms with van der Waals surface area (Å²) in [6.07, 6.45) is 1.01. The Morgan fingerprint density at radius 3 is 2.65 bits per heavy atom. The second kappa shape index (κ2) is 6.38. The van der Waals surface area contributed by atoms with Gasteiger partial charge in [0, 0.05) is 41.5 Å². The molecule has 0 bridgehead atoms. The molecule has 2 aromatic carbocycles. The molecule has 3 nitrogen and oxygen atoms in total. The average Bonchev–Trinajstić information content (AvgIpc) is 2.78. The zero-order chi connectivity index (χ0) is 15.6. The van der Waals surface area contributed by atoms with E-state index >= 15 is 0 Å². The predicted molar refractivity (Wildman–Crippen MR) is 97.0 cm³/mol. The fraction of sp³-hybridized carbons (Fsp3) is 0.316. The Hall–Kier alpha value is -1.78. The van der Waals surface area contributed by atoms with Crippen molar-refractivity contribution >= 4 is 23.3 Å². The maximum atomic E-state index is 5.17. The highest BCUT2D eigenvalue weighted by molar-refractivity contribution is 7.99. The number of hydrogen-bond acceptors (Lipinski definition) is 4. The molecule has 0 aromatic heterocycles.